The number of sulfone groups is 1. The van der Waals surface area contributed by atoms with Gasteiger partial charge in [0.25, 0.3) is 5.69 Å². The monoisotopic (exact) mass is 286 g/mol. The summed E-state index contributed by atoms with van der Waals surface area (Å²) in [6, 6.07) is 4.63. The fourth-order valence-electron chi connectivity index (χ4n) is 1.48. The van der Waals surface area contributed by atoms with Crippen molar-refractivity contribution in [1.29, 1.82) is 0 Å². The van der Waals surface area contributed by atoms with Gasteiger partial charge in [-0.05, 0) is 19.9 Å². The van der Waals surface area contributed by atoms with E-state index < -0.39 is 25.4 Å². The number of rotatable bonds is 4. The summed E-state index contributed by atoms with van der Waals surface area (Å²) >= 11 is 0. The molecule has 0 aliphatic carbocycles. The van der Waals surface area contributed by atoms with E-state index in [1.54, 1.807) is 0 Å². The minimum Gasteiger partial charge on any atom is -0.358 e. The van der Waals surface area contributed by atoms with Gasteiger partial charge in [-0.2, -0.15) is 0 Å². The molecule has 8 heteroatoms. The maximum absolute atomic E-state index is 12.3. The first-order valence-corrected chi connectivity index (χ1v) is 6.84. The highest BCUT2D eigenvalue weighted by molar-refractivity contribution is 7.93. The number of nitro benzene ring substituents is 1. The lowest BCUT2D eigenvalue weighted by atomic mass is 10.2. The second-order valence-electron chi connectivity index (χ2n) is 4.35. The van der Waals surface area contributed by atoms with Gasteiger partial charge in [-0.3, -0.25) is 14.9 Å². The summed E-state index contributed by atoms with van der Waals surface area (Å²) in [5.74, 6) is -0.681. The summed E-state index contributed by atoms with van der Waals surface area (Å²) in [5, 5.41) is 12.9. The molecular formula is C11H14N2O5S. The Balaban J connectivity index is 3.40. The number of nitrogens with one attached hydrogen (secondary N) is 1. The SMILES string of the molecule is CNC(=O)C(C)(C)S(=O)(=O)c1cccc([N+](=O)[O-])c1. The van der Waals surface area contributed by atoms with Crippen LogP contribution in [0.15, 0.2) is 29.2 Å². The minimum atomic E-state index is -4.02. The summed E-state index contributed by atoms with van der Waals surface area (Å²) in [4.78, 5) is 21.4. The first kappa shape index (κ1) is 15.1. The molecule has 0 heterocycles. The molecule has 1 aromatic carbocycles. The molecule has 0 unspecified atom stereocenters. The Labute approximate surface area is 110 Å². The number of nitrogens with zero attached hydrogens (tertiary/aromatic N) is 1. The van der Waals surface area contributed by atoms with Crippen molar-refractivity contribution in [3.63, 3.8) is 0 Å². The largest absolute Gasteiger partial charge is 0.358 e. The zero-order chi connectivity index (χ0) is 14.8. The minimum absolute atomic E-state index is 0.254. The van der Waals surface area contributed by atoms with Crippen LogP contribution >= 0.6 is 0 Å². The van der Waals surface area contributed by atoms with Crippen LogP contribution in [0.25, 0.3) is 0 Å². The zero-order valence-electron chi connectivity index (χ0n) is 10.7. The number of benzene rings is 1. The van der Waals surface area contributed by atoms with E-state index in [0.29, 0.717) is 0 Å². The predicted molar refractivity (Wildman–Crippen MR) is 68.4 cm³/mol. The van der Waals surface area contributed by atoms with Crippen molar-refractivity contribution in [3.05, 3.63) is 34.4 Å². The number of hydrogen-bond acceptors (Lipinski definition) is 5. The number of nitro groups is 1. The van der Waals surface area contributed by atoms with Gasteiger partial charge >= 0.3 is 0 Å². The Kier molecular flexibility index (Phi) is 3.94. The fourth-order valence-corrected chi connectivity index (χ4v) is 2.95. The van der Waals surface area contributed by atoms with E-state index in [1.807, 2.05) is 0 Å². The Bertz CT molecular complexity index is 622. The van der Waals surface area contributed by atoms with E-state index in [1.165, 1.54) is 39.1 Å². The van der Waals surface area contributed by atoms with E-state index in [0.717, 1.165) is 6.07 Å². The molecule has 1 N–H and O–H groups in total. The fraction of sp³-hybridized carbons (Fsp3) is 0.364. The van der Waals surface area contributed by atoms with Gasteiger partial charge in [-0.15, -0.1) is 0 Å². The van der Waals surface area contributed by atoms with Crippen molar-refractivity contribution >= 4 is 21.4 Å². The zero-order valence-corrected chi connectivity index (χ0v) is 11.5. The average Bonchev–Trinajstić information content (AvgIpc) is 2.37. The summed E-state index contributed by atoms with van der Waals surface area (Å²) in [6.07, 6.45) is 0. The Morgan fingerprint density at radius 3 is 2.42 bits per heavy atom. The molecule has 0 aromatic heterocycles. The molecule has 0 atom stereocenters. The molecule has 0 saturated heterocycles. The molecule has 1 amide bonds. The van der Waals surface area contributed by atoms with Crippen LogP contribution in [0, 0.1) is 10.1 Å². The normalized spacial score (nSPS) is 11.9. The van der Waals surface area contributed by atoms with Crippen molar-refractivity contribution in [2.45, 2.75) is 23.5 Å². The third kappa shape index (κ3) is 2.58. The standard InChI is InChI=1S/C11H14N2O5S/c1-11(2,10(14)12-3)19(17,18)9-6-4-5-8(7-9)13(15)16/h4-7H,1-3H3,(H,12,14). The maximum atomic E-state index is 12.3. The lowest BCUT2D eigenvalue weighted by Crippen LogP contribution is -2.46. The van der Waals surface area contributed by atoms with Crippen molar-refractivity contribution in [2.24, 2.45) is 0 Å². The smallest absolute Gasteiger partial charge is 0.270 e. The molecule has 0 spiro atoms. The maximum Gasteiger partial charge on any atom is 0.270 e. The van der Waals surface area contributed by atoms with Crippen LogP contribution in [0.1, 0.15) is 13.8 Å². The van der Waals surface area contributed by atoms with Gasteiger partial charge in [0.15, 0.2) is 9.84 Å². The molecule has 104 valence electrons. The van der Waals surface area contributed by atoms with E-state index in [9.17, 15) is 23.3 Å². The van der Waals surface area contributed by atoms with Crippen molar-refractivity contribution in [3.8, 4) is 0 Å². The molecule has 1 aromatic rings. The Morgan fingerprint density at radius 1 is 1.37 bits per heavy atom. The van der Waals surface area contributed by atoms with E-state index in [4.69, 9.17) is 0 Å². The molecule has 0 radical (unpaired) electrons. The van der Waals surface area contributed by atoms with Crippen LogP contribution in [0.4, 0.5) is 5.69 Å². The molecule has 0 saturated carbocycles. The second-order valence-corrected chi connectivity index (χ2v) is 6.85. The van der Waals surface area contributed by atoms with Crippen LogP contribution in [0.5, 0.6) is 0 Å². The van der Waals surface area contributed by atoms with Gasteiger partial charge < -0.3 is 5.32 Å². The lowest BCUT2D eigenvalue weighted by Gasteiger charge is -2.22. The summed E-state index contributed by atoms with van der Waals surface area (Å²) in [5.41, 5.74) is -0.339. The summed E-state index contributed by atoms with van der Waals surface area (Å²) < 4.78 is 23.0. The Hall–Kier alpha value is -1.96. The number of carbonyl (C=O) groups excluding carboxylic acids is 1. The molecule has 0 aliphatic heterocycles. The number of non-ortho nitro benzene ring substituents is 1. The van der Waals surface area contributed by atoms with Gasteiger partial charge in [0.2, 0.25) is 5.91 Å². The molecule has 1 rings (SSSR count). The number of hydrogen-bond donors (Lipinski definition) is 1. The molecule has 19 heavy (non-hydrogen) atoms. The van der Waals surface area contributed by atoms with Gasteiger partial charge in [0.1, 0.15) is 4.75 Å². The average molecular weight is 286 g/mol. The number of carbonyl (C=O) groups is 1. The summed E-state index contributed by atoms with van der Waals surface area (Å²) in [6.45, 7) is 2.50. The van der Waals surface area contributed by atoms with Gasteiger partial charge in [0.05, 0.1) is 9.82 Å². The van der Waals surface area contributed by atoms with Crippen molar-refractivity contribution in [1.82, 2.24) is 5.32 Å². The topological polar surface area (TPSA) is 106 Å². The van der Waals surface area contributed by atoms with Crippen LogP contribution in [-0.2, 0) is 14.6 Å². The van der Waals surface area contributed by atoms with Crippen LogP contribution in [0.3, 0.4) is 0 Å². The van der Waals surface area contributed by atoms with E-state index in [-0.39, 0.29) is 10.6 Å². The van der Waals surface area contributed by atoms with Gasteiger partial charge in [0, 0.05) is 19.2 Å². The third-order valence-electron chi connectivity index (χ3n) is 2.78. The van der Waals surface area contributed by atoms with Gasteiger partial charge in [-0.25, -0.2) is 8.42 Å². The van der Waals surface area contributed by atoms with Crippen LogP contribution < -0.4 is 5.32 Å². The van der Waals surface area contributed by atoms with Crippen molar-refractivity contribution < 1.29 is 18.1 Å². The van der Waals surface area contributed by atoms with E-state index in [2.05, 4.69) is 5.32 Å². The first-order chi connectivity index (χ1) is 8.64. The second kappa shape index (κ2) is 4.96. The van der Waals surface area contributed by atoms with E-state index >= 15 is 0 Å². The lowest BCUT2D eigenvalue weighted by molar-refractivity contribution is -0.385. The highest BCUT2D eigenvalue weighted by Crippen LogP contribution is 2.27. The first-order valence-electron chi connectivity index (χ1n) is 5.36. The van der Waals surface area contributed by atoms with Crippen LogP contribution in [-0.4, -0.2) is 31.0 Å². The molecule has 0 aliphatic rings. The van der Waals surface area contributed by atoms with Crippen molar-refractivity contribution in [2.75, 3.05) is 7.05 Å². The van der Waals surface area contributed by atoms with Gasteiger partial charge in [-0.1, -0.05) is 6.07 Å². The molecular weight excluding hydrogens is 272 g/mol. The highest BCUT2D eigenvalue weighted by atomic mass is 32.2. The predicted octanol–water partition coefficient (Wildman–Crippen LogP) is 0.893. The molecule has 0 bridgehead atoms. The van der Waals surface area contributed by atoms with Crippen LogP contribution in [0.2, 0.25) is 0 Å². The number of amides is 1. The Morgan fingerprint density at radius 2 is 1.95 bits per heavy atom. The molecule has 7 nitrogen and oxygen atoms in total. The quantitative estimate of drug-likeness (QED) is 0.653. The third-order valence-corrected chi connectivity index (χ3v) is 5.19. The summed E-state index contributed by atoms with van der Waals surface area (Å²) in [7, 11) is -2.70. The highest BCUT2D eigenvalue weighted by Gasteiger charge is 2.42. The molecule has 0 fully saturated rings.